The lowest BCUT2D eigenvalue weighted by Gasteiger charge is -2.47. The maximum Gasteiger partial charge on any atom is 0.140 e. The van der Waals surface area contributed by atoms with Crippen LogP contribution in [0.2, 0.25) is 0 Å². The number of Topliss-reactive ketones (excluding diaryl/α,β-unsaturated/α-hetero) is 1. The predicted molar refractivity (Wildman–Crippen MR) is 71.1 cm³/mol. The molecule has 0 saturated carbocycles. The van der Waals surface area contributed by atoms with Gasteiger partial charge in [-0.25, -0.2) is 0 Å². The Morgan fingerprint density at radius 2 is 2.11 bits per heavy atom. The van der Waals surface area contributed by atoms with Crippen LogP contribution in [0, 0.1) is 11.3 Å². The average molecular weight is 246 g/mol. The average Bonchev–Trinajstić information content (AvgIpc) is 2.35. The van der Waals surface area contributed by atoms with Crippen LogP contribution in [0.15, 0.2) is 22.8 Å². The summed E-state index contributed by atoms with van der Waals surface area (Å²) in [4.78, 5) is 11.9. The summed E-state index contributed by atoms with van der Waals surface area (Å²) < 4.78 is 0. The van der Waals surface area contributed by atoms with E-state index in [1.54, 1.807) is 0 Å². The highest BCUT2D eigenvalue weighted by molar-refractivity contribution is 5.86. The molecular weight excluding hydrogens is 224 g/mol. The van der Waals surface area contributed by atoms with Crippen LogP contribution < -0.4 is 0 Å². The molecule has 0 heterocycles. The number of ketones is 1. The van der Waals surface area contributed by atoms with E-state index in [0.29, 0.717) is 12.2 Å². The van der Waals surface area contributed by atoms with E-state index in [-0.39, 0.29) is 17.4 Å². The summed E-state index contributed by atoms with van der Waals surface area (Å²) in [6, 6.07) is 0. The first-order valence-corrected chi connectivity index (χ1v) is 7.18. The predicted octanol–water partition coefficient (Wildman–Crippen LogP) is 3.16. The highest BCUT2D eigenvalue weighted by atomic mass is 16.3. The van der Waals surface area contributed by atoms with E-state index in [0.717, 1.165) is 32.1 Å². The number of carbonyl (C=O) groups is 1. The zero-order chi connectivity index (χ0) is 12.9. The number of aliphatic hydroxyl groups excluding tert-OH is 1. The second-order valence-electron chi connectivity index (χ2n) is 6.32. The van der Waals surface area contributed by atoms with Crippen molar-refractivity contribution in [1.29, 1.82) is 0 Å². The van der Waals surface area contributed by atoms with Crippen LogP contribution in [0.3, 0.4) is 0 Å². The SMILES string of the molecule is CC1C(=O)CCC2=C1CC[C@]1(C)C2=CCC[C@H]1O. The molecule has 0 aromatic carbocycles. The fourth-order valence-electron chi connectivity index (χ4n) is 4.04. The van der Waals surface area contributed by atoms with Crippen molar-refractivity contribution in [3.05, 3.63) is 22.8 Å². The van der Waals surface area contributed by atoms with Gasteiger partial charge in [0.15, 0.2) is 0 Å². The van der Waals surface area contributed by atoms with Gasteiger partial charge in [-0.05, 0) is 43.3 Å². The molecule has 0 bridgehead atoms. The normalized spacial score (nSPS) is 40.2. The molecule has 0 aromatic heterocycles. The third-order valence-electron chi connectivity index (χ3n) is 5.39. The van der Waals surface area contributed by atoms with Crippen molar-refractivity contribution in [3.8, 4) is 0 Å². The van der Waals surface area contributed by atoms with Crippen LogP contribution in [-0.4, -0.2) is 17.0 Å². The third-order valence-corrected chi connectivity index (χ3v) is 5.39. The molecular formula is C16H22O2. The minimum atomic E-state index is -0.209. The van der Waals surface area contributed by atoms with Gasteiger partial charge in [0.1, 0.15) is 5.78 Å². The highest BCUT2D eigenvalue weighted by Crippen LogP contribution is 2.53. The molecule has 98 valence electrons. The molecule has 1 unspecified atom stereocenters. The van der Waals surface area contributed by atoms with E-state index >= 15 is 0 Å². The number of hydrogen-bond acceptors (Lipinski definition) is 2. The molecule has 0 aromatic rings. The van der Waals surface area contributed by atoms with Gasteiger partial charge in [0.2, 0.25) is 0 Å². The first kappa shape index (κ1) is 12.2. The lowest BCUT2D eigenvalue weighted by Crippen LogP contribution is -2.41. The quantitative estimate of drug-likeness (QED) is 0.713. The van der Waals surface area contributed by atoms with Gasteiger partial charge in [-0.2, -0.15) is 0 Å². The largest absolute Gasteiger partial charge is 0.392 e. The van der Waals surface area contributed by atoms with E-state index in [4.69, 9.17) is 0 Å². The Morgan fingerprint density at radius 1 is 1.33 bits per heavy atom. The fraction of sp³-hybridized carbons (Fsp3) is 0.688. The van der Waals surface area contributed by atoms with Crippen LogP contribution in [0.5, 0.6) is 0 Å². The lowest BCUT2D eigenvalue weighted by atomic mass is 9.59. The molecule has 3 aliphatic rings. The first-order valence-electron chi connectivity index (χ1n) is 7.18. The van der Waals surface area contributed by atoms with E-state index in [2.05, 4.69) is 19.9 Å². The second kappa shape index (κ2) is 4.06. The Labute approximate surface area is 109 Å². The lowest BCUT2D eigenvalue weighted by molar-refractivity contribution is -0.121. The van der Waals surface area contributed by atoms with Crippen molar-refractivity contribution in [2.75, 3.05) is 0 Å². The fourth-order valence-corrected chi connectivity index (χ4v) is 4.04. The highest BCUT2D eigenvalue weighted by Gasteiger charge is 2.45. The molecule has 1 N–H and O–H groups in total. The van der Waals surface area contributed by atoms with E-state index < -0.39 is 0 Å². The molecule has 3 rings (SSSR count). The molecule has 3 atom stereocenters. The number of rotatable bonds is 0. The van der Waals surface area contributed by atoms with Crippen molar-refractivity contribution >= 4 is 5.78 Å². The van der Waals surface area contributed by atoms with Crippen molar-refractivity contribution in [2.45, 2.75) is 58.5 Å². The molecule has 0 radical (unpaired) electrons. The van der Waals surface area contributed by atoms with Gasteiger partial charge in [-0.1, -0.05) is 25.5 Å². The van der Waals surface area contributed by atoms with Gasteiger partial charge in [0.05, 0.1) is 6.10 Å². The van der Waals surface area contributed by atoms with Crippen LogP contribution in [0.25, 0.3) is 0 Å². The van der Waals surface area contributed by atoms with E-state index in [1.165, 1.54) is 16.7 Å². The van der Waals surface area contributed by atoms with Gasteiger partial charge in [0, 0.05) is 17.8 Å². The number of fused-ring (bicyclic) bond motifs is 2. The Hall–Kier alpha value is -0.890. The van der Waals surface area contributed by atoms with Gasteiger partial charge < -0.3 is 5.11 Å². The standard InChI is InChI=1S/C16H22O2/c1-10-11-8-9-16(2)13(4-3-5-15(16)18)12(11)6-7-14(10)17/h4,10,15,18H,3,5-9H2,1-2H3/t10?,15-,16-/m1/s1. The van der Waals surface area contributed by atoms with Gasteiger partial charge in [-0.3, -0.25) is 4.79 Å². The zero-order valence-corrected chi connectivity index (χ0v) is 11.3. The molecule has 3 aliphatic carbocycles. The van der Waals surface area contributed by atoms with Crippen LogP contribution in [0.1, 0.15) is 52.4 Å². The van der Waals surface area contributed by atoms with E-state index in [9.17, 15) is 9.90 Å². The Kier molecular flexibility index (Phi) is 2.74. The minimum absolute atomic E-state index is 0.0583. The molecule has 0 amide bonds. The summed E-state index contributed by atoms with van der Waals surface area (Å²) in [7, 11) is 0. The van der Waals surface area contributed by atoms with Crippen molar-refractivity contribution < 1.29 is 9.90 Å². The Morgan fingerprint density at radius 3 is 2.89 bits per heavy atom. The topological polar surface area (TPSA) is 37.3 Å². The number of hydrogen-bond donors (Lipinski definition) is 1. The van der Waals surface area contributed by atoms with Crippen molar-refractivity contribution in [3.63, 3.8) is 0 Å². The zero-order valence-electron chi connectivity index (χ0n) is 11.3. The van der Waals surface area contributed by atoms with Crippen LogP contribution in [0.4, 0.5) is 0 Å². The summed E-state index contributed by atoms with van der Waals surface area (Å²) in [5.41, 5.74) is 4.08. The monoisotopic (exact) mass is 246 g/mol. The second-order valence-corrected chi connectivity index (χ2v) is 6.32. The molecule has 18 heavy (non-hydrogen) atoms. The molecule has 2 nitrogen and oxygen atoms in total. The van der Waals surface area contributed by atoms with Crippen LogP contribution >= 0.6 is 0 Å². The maximum absolute atomic E-state index is 11.9. The Balaban J connectivity index is 2.08. The number of allylic oxidation sites excluding steroid dienone is 3. The van der Waals surface area contributed by atoms with Gasteiger partial charge >= 0.3 is 0 Å². The van der Waals surface area contributed by atoms with Gasteiger partial charge in [-0.15, -0.1) is 0 Å². The maximum atomic E-state index is 11.9. The molecule has 0 spiro atoms. The van der Waals surface area contributed by atoms with Crippen LogP contribution in [-0.2, 0) is 4.79 Å². The summed E-state index contributed by atoms with van der Waals surface area (Å²) in [5.74, 6) is 0.507. The van der Waals surface area contributed by atoms with Crippen molar-refractivity contribution in [1.82, 2.24) is 0 Å². The molecule has 0 aliphatic heterocycles. The summed E-state index contributed by atoms with van der Waals surface area (Å²) in [6.07, 6.45) is 7.55. The Bertz CT molecular complexity index is 458. The van der Waals surface area contributed by atoms with Gasteiger partial charge in [0.25, 0.3) is 0 Å². The number of carbonyl (C=O) groups excluding carboxylic acids is 1. The summed E-state index contributed by atoms with van der Waals surface area (Å²) >= 11 is 0. The minimum Gasteiger partial charge on any atom is -0.392 e. The molecule has 0 saturated heterocycles. The van der Waals surface area contributed by atoms with Crippen molar-refractivity contribution in [2.24, 2.45) is 11.3 Å². The smallest absolute Gasteiger partial charge is 0.140 e. The third kappa shape index (κ3) is 1.55. The summed E-state index contributed by atoms with van der Waals surface area (Å²) in [5, 5.41) is 10.3. The van der Waals surface area contributed by atoms with E-state index in [1.807, 2.05) is 0 Å². The first-order chi connectivity index (χ1) is 8.54. The molecule has 0 fully saturated rings. The number of aliphatic hydroxyl groups is 1. The summed E-state index contributed by atoms with van der Waals surface area (Å²) in [6.45, 7) is 4.26. The molecule has 2 heteroatoms.